The van der Waals surface area contributed by atoms with Gasteiger partial charge in [0.15, 0.2) is 0 Å². The Morgan fingerprint density at radius 2 is 2.00 bits per heavy atom. The Morgan fingerprint density at radius 3 is 2.52 bits per heavy atom. The molecule has 1 fully saturated rings. The predicted octanol–water partition coefficient (Wildman–Crippen LogP) is 0.735. The molecule has 1 amide bonds. The molecule has 1 aliphatic heterocycles. The number of rotatable bonds is 4. The third-order valence-corrected chi connectivity index (χ3v) is 6.28. The van der Waals surface area contributed by atoms with E-state index in [4.69, 9.17) is 5.11 Å². The quantitative estimate of drug-likeness (QED) is 0.846. The number of carbonyl (C=O) groups excluding carboxylic acids is 1. The van der Waals surface area contributed by atoms with E-state index in [9.17, 15) is 18.0 Å². The molecule has 7 nitrogen and oxygen atoms in total. The van der Waals surface area contributed by atoms with Crippen molar-refractivity contribution in [2.24, 2.45) is 0 Å². The minimum atomic E-state index is -3.80. The van der Waals surface area contributed by atoms with Gasteiger partial charge in [-0.2, -0.15) is 4.31 Å². The molecule has 1 aliphatic rings. The molecule has 0 aliphatic carbocycles. The molecule has 0 aromatic carbocycles. The average Bonchev–Trinajstić information content (AvgIpc) is 2.88. The van der Waals surface area contributed by atoms with Crippen LogP contribution in [0.5, 0.6) is 0 Å². The van der Waals surface area contributed by atoms with E-state index in [1.165, 1.54) is 22.7 Å². The second-order valence-corrected chi connectivity index (χ2v) is 7.62. The fourth-order valence-electron chi connectivity index (χ4n) is 2.32. The molecule has 21 heavy (non-hydrogen) atoms. The van der Waals surface area contributed by atoms with Gasteiger partial charge in [0.1, 0.15) is 9.77 Å². The summed E-state index contributed by atoms with van der Waals surface area (Å²) in [6, 6.07) is 1.29. The van der Waals surface area contributed by atoms with E-state index < -0.39 is 16.0 Å². The monoisotopic (exact) mass is 332 g/mol. The second-order valence-electron chi connectivity index (χ2n) is 4.80. The Kier molecular flexibility index (Phi) is 4.64. The molecular weight excluding hydrogens is 316 g/mol. The van der Waals surface area contributed by atoms with Gasteiger partial charge in [-0.15, -0.1) is 11.3 Å². The SMILES string of the molecule is CC(=O)NC1CCN(S(=O)(=O)c2ccsc2C(=O)O)CC1. The standard InChI is InChI=1S/C12H16N2O5S2/c1-8(15)13-9-2-5-14(6-3-9)21(18,19)10-4-7-20-11(10)12(16)17/h4,7,9H,2-3,5-6H2,1H3,(H,13,15)(H,16,17). The van der Waals surface area contributed by atoms with Gasteiger partial charge in [-0.1, -0.05) is 0 Å². The lowest BCUT2D eigenvalue weighted by molar-refractivity contribution is -0.119. The van der Waals surface area contributed by atoms with Gasteiger partial charge in [-0.25, -0.2) is 13.2 Å². The number of sulfonamides is 1. The summed E-state index contributed by atoms with van der Waals surface area (Å²) in [4.78, 5) is 21.7. The summed E-state index contributed by atoms with van der Waals surface area (Å²) in [6.45, 7) is 1.96. The summed E-state index contributed by atoms with van der Waals surface area (Å²) in [6.07, 6.45) is 1.04. The van der Waals surface area contributed by atoms with Crippen LogP contribution in [0.4, 0.5) is 0 Å². The molecule has 1 saturated heterocycles. The van der Waals surface area contributed by atoms with E-state index in [1.54, 1.807) is 0 Å². The van der Waals surface area contributed by atoms with Crippen LogP contribution in [-0.2, 0) is 14.8 Å². The number of hydrogen-bond donors (Lipinski definition) is 2. The third kappa shape index (κ3) is 3.42. The van der Waals surface area contributed by atoms with Gasteiger partial charge in [-0.3, -0.25) is 4.79 Å². The molecule has 2 N–H and O–H groups in total. The highest BCUT2D eigenvalue weighted by atomic mass is 32.2. The predicted molar refractivity (Wildman–Crippen MR) is 76.9 cm³/mol. The van der Waals surface area contributed by atoms with E-state index in [1.807, 2.05) is 0 Å². The van der Waals surface area contributed by atoms with Crippen LogP contribution in [-0.4, -0.2) is 48.8 Å². The Morgan fingerprint density at radius 1 is 1.38 bits per heavy atom. The third-order valence-electron chi connectivity index (χ3n) is 3.30. The molecule has 2 rings (SSSR count). The van der Waals surface area contributed by atoms with Crippen molar-refractivity contribution >= 4 is 33.2 Å². The van der Waals surface area contributed by atoms with Gasteiger partial charge in [0.05, 0.1) is 0 Å². The molecule has 0 atom stereocenters. The summed E-state index contributed by atoms with van der Waals surface area (Å²) >= 11 is 0.895. The minimum Gasteiger partial charge on any atom is -0.477 e. The number of piperidine rings is 1. The molecule has 1 aromatic heterocycles. The van der Waals surface area contributed by atoms with Crippen molar-refractivity contribution < 1.29 is 23.1 Å². The number of carbonyl (C=O) groups is 2. The number of nitrogens with zero attached hydrogens (tertiary/aromatic N) is 1. The van der Waals surface area contributed by atoms with Crippen molar-refractivity contribution in [2.45, 2.75) is 30.7 Å². The number of carboxylic acids is 1. The first-order valence-electron chi connectivity index (χ1n) is 6.40. The molecule has 0 unspecified atom stereocenters. The van der Waals surface area contributed by atoms with Crippen molar-refractivity contribution in [3.8, 4) is 0 Å². The van der Waals surface area contributed by atoms with E-state index in [2.05, 4.69) is 5.32 Å². The van der Waals surface area contributed by atoms with Crippen LogP contribution in [0.3, 0.4) is 0 Å². The number of aromatic carboxylic acids is 1. The smallest absolute Gasteiger partial charge is 0.347 e. The average molecular weight is 332 g/mol. The summed E-state index contributed by atoms with van der Waals surface area (Å²) < 4.78 is 26.2. The zero-order valence-electron chi connectivity index (χ0n) is 11.4. The molecular formula is C12H16N2O5S2. The molecule has 9 heteroatoms. The van der Waals surface area contributed by atoms with Crippen molar-refractivity contribution in [3.05, 3.63) is 16.3 Å². The van der Waals surface area contributed by atoms with E-state index in [0.29, 0.717) is 12.8 Å². The van der Waals surface area contributed by atoms with Crippen molar-refractivity contribution in [1.29, 1.82) is 0 Å². The minimum absolute atomic E-state index is 0.0321. The van der Waals surface area contributed by atoms with Crippen LogP contribution in [0.2, 0.25) is 0 Å². The van der Waals surface area contributed by atoms with E-state index in [-0.39, 0.29) is 34.8 Å². The number of thiophene rings is 1. The first kappa shape index (κ1) is 15.9. The van der Waals surface area contributed by atoms with E-state index >= 15 is 0 Å². The normalized spacial score (nSPS) is 17.6. The lowest BCUT2D eigenvalue weighted by atomic mass is 10.1. The molecule has 116 valence electrons. The highest BCUT2D eigenvalue weighted by molar-refractivity contribution is 7.89. The van der Waals surface area contributed by atoms with Crippen LogP contribution in [0.15, 0.2) is 16.3 Å². The van der Waals surface area contributed by atoms with Gasteiger partial charge in [-0.05, 0) is 24.3 Å². The first-order valence-corrected chi connectivity index (χ1v) is 8.72. The summed E-state index contributed by atoms with van der Waals surface area (Å²) in [5, 5.41) is 13.3. The summed E-state index contributed by atoms with van der Waals surface area (Å²) in [7, 11) is -3.80. The topological polar surface area (TPSA) is 104 Å². The molecule has 0 saturated carbocycles. The van der Waals surface area contributed by atoms with Crippen molar-refractivity contribution in [3.63, 3.8) is 0 Å². The molecule has 1 aromatic rings. The van der Waals surface area contributed by atoms with Gasteiger partial charge in [0, 0.05) is 26.1 Å². The van der Waals surface area contributed by atoms with Crippen LogP contribution < -0.4 is 5.32 Å². The Hall–Kier alpha value is -1.45. The lowest BCUT2D eigenvalue weighted by Gasteiger charge is -2.31. The first-order chi connectivity index (χ1) is 9.82. The molecule has 2 heterocycles. The Bertz CT molecular complexity index is 644. The van der Waals surface area contributed by atoms with Crippen LogP contribution in [0.1, 0.15) is 29.4 Å². The fraction of sp³-hybridized carbons (Fsp3) is 0.500. The van der Waals surface area contributed by atoms with Crippen LogP contribution in [0.25, 0.3) is 0 Å². The maximum atomic E-state index is 12.5. The van der Waals surface area contributed by atoms with Crippen molar-refractivity contribution in [1.82, 2.24) is 9.62 Å². The zero-order chi connectivity index (χ0) is 15.6. The highest BCUT2D eigenvalue weighted by Crippen LogP contribution is 2.27. The molecule has 0 bridgehead atoms. The highest BCUT2D eigenvalue weighted by Gasteiger charge is 2.33. The van der Waals surface area contributed by atoms with Gasteiger partial charge >= 0.3 is 5.97 Å². The van der Waals surface area contributed by atoms with Gasteiger partial charge in [0.25, 0.3) is 0 Å². The summed E-state index contributed by atoms with van der Waals surface area (Å²) in [5.41, 5.74) is 0. The van der Waals surface area contributed by atoms with E-state index in [0.717, 1.165) is 11.3 Å². The molecule has 0 spiro atoms. The second kappa shape index (κ2) is 6.12. The van der Waals surface area contributed by atoms with Gasteiger partial charge in [0.2, 0.25) is 15.9 Å². The Labute approximate surface area is 126 Å². The fourth-order valence-corrected chi connectivity index (χ4v) is 5.03. The number of amides is 1. The largest absolute Gasteiger partial charge is 0.477 e. The Balaban J connectivity index is 2.13. The number of carboxylic acid groups (broad SMARTS) is 1. The van der Waals surface area contributed by atoms with Crippen LogP contribution >= 0.6 is 11.3 Å². The van der Waals surface area contributed by atoms with Crippen LogP contribution in [0, 0.1) is 0 Å². The molecule has 0 radical (unpaired) electrons. The zero-order valence-corrected chi connectivity index (χ0v) is 13.0. The van der Waals surface area contributed by atoms with Crippen molar-refractivity contribution in [2.75, 3.05) is 13.1 Å². The summed E-state index contributed by atoms with van der Waals surface area (Å²) in [5.74, 6) is -1.38. The maximum absolute atomic E-state index is 12.5. The lowest BCUT2D eigenvalue weighted by Crippen LogP contribution is -2.46. The van der Waals surface area contributed by atoms with Gasteiger partial charge < -0.3 is 10.4 Å². The maximum Gasteiger partial charge on any atom is 0.347 e. The number of nitrogens with one attached hydrogen (secondary N) is 1. The number of hydrogen-bond acceptors (Lipinski definition) is 5.